The lowest BCUT2D eigenvalue weighted by Gasteiger charge is -2.14. The van der Waals surface area contributed by atoms with Crippen LogP contribution in [-0.4, -0.2) is 42.6 Å². The summed E-state index contributed by atoms with van der Waals surface area (Å²) >= 11 is 6.30. The number of ether oxygens (including phenoxy) is 4. The first-order valence-electron chi connectivity index (χ1n) is 9.08. The van der Waals surface area contributed by atoms with E-state index in [4.69, 9.17) is 21.1 Å². The highest BCUT2D eigenvalue weighted by molar-refractivity contribution is 6.32. The second-order valence-electron chi connectivity index (χ2n) is 6.07. The minimum atomic E-state index is -0.947. The number of benzene rings is 2. The molecule has 0 atom stereocenters. The molecule has 0 saturated carbocycles. The monoisotopic (exact) mass is 480 g/mol. The number of methoxy groups -OCH3 is 2. The van der Waals surface area contributed by atoms with E-state index in [1.807, 2.05) is 0 Å². The highest BCUT2D eigenvalue weighted by Crippen LogP contribution is 2.43. The number of non-ortho nitro benzene ring substituents is 1. The quantitative estimate of drug-likeness (QED) is 0.128. The van der Waals surface area contributed by atoms with Crippen LogP contribution in [-0.2, 0) is 19.1 Å². The van der Waals surface area contributed by atoms with Gasteiger partial charge in [0.2, 0.25) is 5.75 Å². The van der Waals surface area contributed by atoms with Crippen molar-refractivity contribution in [2.24, 2.45) is 0 Å². The molecular formula is C20H17ClN2O10. The van der Waals surface area contributed by atoms with Gasteiger partial charge in [0.25, 0.3) is 5.69 Å². The van der Waals surface area contributed by atoms with E-state index in [2.05, 4.69) is 9.47 Å². The van der Waals surface area contributed by atoms with Crippen LogP contribution in [0.15, 0.2) is 35.9 Å². The van der Waals surface area contributed by atoms with Crippen LogP contribution < -0.4 is 9.47 Å². The first-order chi connectivity index (χ1) is 15.6. The number of halogens is 1. The van der Waals surface area contributed by atoms with Gasteiger partial charge in [0.1, 0.15) is 5.57 Å². The van der Waals surface area contributed by atoms with E-state index in [0.717, 1.165) is 38.5 Å². The third kappa shape index (κ3) is 5.95. The van der Waals surface area contributed by atoms with E-state index in [0.29, 0.717) is 0 Å². The van der Waals surface area contributed by atoms with Gasteiger partial charge < -0.3 is 18.9 Å². The summed E-state index contributed by atoms with van der Waals surface area (Å²) in [6.07, 6.45) is 1.16. The van der Waals surface area contributed by atoms with Gasteiger partial charge in [-0.2, -0.15) is 0 Å². The molecule has 0 amide bonds. The number of rotatable bonds is 9. The van der Waals surface area contributed by atoms with Gasteiger partial charge >= 0.3 is 17.6 Å². The zero-order chi connectivity index (χ0) is 24.7. The van der Waals surface area contributed by atoms with Crippen LogP contribution in [0, 0.1) is 20.2 Å². The van der Waals surface area contributed by atoms with Crippen LogP contribution in [0.2, 0.25) is 5.02 Å². The lowest BCUT2D eigenvalue weighted by molar-refractivity contribution is -0.394. The molecule has 0 aliphatic rings. The molecular weight excluding hydrogens is 464 g/mol. The molecule has 0 fully saturated rings. The molecule has 2 aromatic rings. The van der Waals surface area contributed by atoms with Gasteiger partial charge in [-0.05, 0) is 36.8 Å². The highest BCUT2D eigenvalue weighted by atomic mass is 35.5. The van der Waals surface area contributed by atoms with Crippen molar-refractivity contribution in [1.82, 2.24) is 0 Å². The fourth-order valence-electron chi connectivity index (χ4n) is 2.58. The number of nitrogens with zero attached hydrogens (tertiary/aromatic N) is 2. The standard InChI is InChI=1S/C20H17ClN2O10/c1-4-32-17-9-11(7-13(19(24)30-2)20(25)31-3)8-14(21)18(17)33-16-6-5-12(22(26)27)10-15(16)23(28)29/h5-10H,4H2,1-3H3. The maximum atomic E-state index is 11.9. The second kappa shape index (κ2) is 10.9. The summed E-state index contributed by atoms with van der Waals surface area (Å²) in [5.41, 5.74) is -1.34. The summed E-state index contributed by atoms with van der Waals surface area (Å²) in [5.74, 6) is -2.31. The summed E-state index contributed by atoms with van der Waals surface area (Å²) in [6.45, 7) is 1.80. The van der Waals surface area contributed by atoms with Gasteiger partial charge in [-0.25, -0.2) is 9.59 Å². The number of esters is 2. The minimum absolute atomic E-state index is 0.0259. The molecule has 12 nitrogen and oxygen atoms in total. The first-order valence-corrected chi connectivity index (χ1v) is 9.46. The predicted molar refractivity (Wildman–Crippen MR) is 114 cm³/mol. The Kier molecular flexibility index (Phi) is 8.29. The van der Waals surface area contributed by atoms with Crippen LogP contribution in [0.25, 0.3) is 6.08 Å². The topological polar surface area (TPSA) is 157 Å². The van der Waals surface area contributed by atoms with Gasteiger partial charge in [-0.1, -0.05) is 11.6 Å². The van der Waals surface area contributed by atoms with E-state index < -0.39 is 38.7 Å². The average molecular weight is 481 g/mol. The normalized spacial score (nSPS) is 10.1. The number of nitro groups is 2. The maximum absolute atomic E-state index is 11.9. The highest BCUT2D eigenvalue weighted by Gasteiger charge is 2.25. The zero-order valence-corrected chi connectivity index (χ0v) is 18.3. The molecule has 2 aromatic carbocycles. The second-order valence-corrected chi connectivity index (χ2v) is 6.48. The van der Waals surface area contributed by atoms with Gasteiger partial charge in [0.15, 0.2) is 11.5 Å². The smallest absolute Gasteiger partial charge is 0.345 e. The average Bonchev–Trinajstić information content (AvgIpc) is 2.78. The van der Waals surface area contributed by atoms with Crippen LogP contribution in [0.3, 0.4) is 0 Å². The summed E-state index contributed by atoms with van der Waals surface area (Å²) < 4.78 is 20.2. The summed E-state index contributed by atoms with van der Waals surface area (Å²) in [6, 6.07) is 5.52. The van der Waals surface area contributed by atoms with Crippen molar-refractivity contribution in [2.75, 3.05) is 20.8 Å². The Hall–Kier alpha value is -4.19. The lowest BCUT2D eigenvalue weighted by Crippen LogP contribution is -2.15. The molecule has 0 radical (unpaired) electrons. The molecule has 13 heteroatoms. The fourth-order valence-corrected chi connectivity index (χ4v) is 2.84. The summed E-state index contributed by atoms with van der Waals surface area (Å²) in [5, 5.41) is 22.2. The molecule has 0 spiro atoms. The number of carbonyl (C=O) groups excluding carboxylic acids is 2. The Morgan fingerprint density at radius 2 is 1.64 bits per heavy atom. The van der Waals surface area contributed by atoms with Gasteiger partial charge in [-0.3, -0.25) is 20.2 Å². The Balaban J connectivity index is 2.59. The molecule has 0 saturated heterocycles. The number of hydrogen-bond donors (Lipinski definition) is 0. The Labute approximate surface area is 191 Å². The minimum Gasteiger partial charge on any atom is -0.490 e. The van der Waals surface area contributed by atoms with Crippen molar-refractivity contribution in [3.05, 3.63) is 66.7 Å². The third-order valence-electron chi connectivity index (χ3n) is 4.02. The SMILES string of the molecule is CCOc1cc(C=C(C(=O)OC)C(=O)OC)cc(Cl)c1Oc1ccc([N+](=O)[O-])cc1[N+](=O)[O-]. The van der Waals surface area contributed by atoms with E-state index in [9.17, 15) is 29.8 Å². The van der Waals surface area contributed by atoms with Crippen LogP contribution >= 0.6 is 11.6 Å². The van der Waals surface area contributed by atoms with E-state index in [1.165, 1.54) is 12.1 Å². The molecule has 0 N–H and O–H groups in total. The molecule has 0 aromatic heterocycles. The van der Waals surface area contributed by atoms with E-state index >= 15 is 0 Å². The predicted octanol–water partition coefficient (Wildman–Crippen LogP) is 4.08. The van der Waals surface area contributed by atoms with Crippen molar-refractivity contribution in [1.29, 1.82) is 0 Å². The van der Waals surface area contributed by atoms with Crippen LogP contribution in [0.4, 0.5) is 11.4 Å². The van der Waals surface area contributed by atoms with Crippen molar-refractivity contribution in [3.63, 3.8) is 0 Å². The third-order valence-corrected chi connectivity index (χ3v) is 4.30. The van der Waals surface area contributed by atoms with Crippen LogP contribution in [0.1, 0.15) is 12.5 Å². The molecule has 0 bridgehead atoms. The Bertz CT molecular complexity index is 1130. The van der Waals surface area contributed by atoms with Crippen LogP contribution in [0.5, 0.6) is 17.2 Å². The molecule has 0 aliphatic heterocycles. The molecule has 2 rings (SSSR count). The van der Waals surface area contributed by atoms with E-state index in [1.54, 1.807) is 6.92 Å². The maximum Gasteiger partial charge on any atom is 0.345 e. The Morgan fingerprint density at radius 1 is 1.00 bits per heavy atom. The molecule has 174 valence electrons. The lowest BCUT2D eigenvalue weighted by atomic mass is 10.1. The first kappa shape index (κ1) is 25.1. The fraction of sp³-hybridized carbons (Fsp3) is 0.200. The van der Waals surface area contributed by atoms with Gasteiger partial charge in [-0.15, -0.1) is 0 Å². The summed E-state index contributed by atoms with van der Waals surface area (Å²) in [4.78, 5) is 44.5. The summed E-state index contributed by atoms with van der Waals surface area (Å²) in [7, 11) is 2.18. The number of carbonyl (C=O) groups is 2. The van der Waals surface area contributed by atoms with E-state index in [-0.39, 0.29) is 34.4 Å². The van der Waals surface area contributed by atoms with Crippen molar-refractivity contribution in [2.45, 2.75) is 6.92 Å². The Morgan fingerprint density at radius 3 is 2.15 bits per heavy atom. The molecule has 0 heterocycles. The van der Waals surface area contributed by atoms with Gasteiger partial charge in [0, 0.05) is 6.07 Å². The molecule has 0 aliphatic carbocycles. The number of nitro benzene ring substituents is 2. The largest absolute Gasteiger partial charge is 0.490 e. The molecule has 0 unspecified atom stereocenters. The molecule has 33 heavy (non-hydrogen) atoms. The zero-order valence-electron chi connectivity index (χ0n) is 17.5. The van der Waals surface area contributed by atoms with Crippen molar-refractivity contribution in [3.8, 4) is 17.2 Å². The van der Waals surface area contributed by atoms with Crippen molar-refractivity contribution < 1.29 is 38.4 Å². The number of hydrogen-bond acceptors (Lipinski definition) is 10. The van der Waals surface area contributed by atoms with Crippen molar-refractivity contribution >= 4 is 41.0 Å². The van der Waals surface area contributed by atoms with Gasteiger partial charge in [0.05, 0.1) is 41.8 Å².